The third-order valence-electron chi connectivity index (χ3n) is 6.65. The normalized spacial score (nSPS) is 22.9. The molecule has 9 nitrogen and oxygen atoms in total. The summed E-state index contributed by atoms with van der Waals surface area (Å²) in [6.45, 7) is 3.03. The molecular formula is C25H28N2O7. The lowest BCUT2D eigenvalue weighted by atomic mass is 9.84. The topological polar surface area (TPSA) is 134 Å². The Balaban J connectivity index is 1.41. The zero-order valence-electron chi connectivity index (χ0n) is 19.0. The van der Waals surface area contributed by atoms with Crippen LogP contribution < -0.4 is 10.6 Å². The monoisotopic (exact) mass is 468 g/mol. The first-order chi connectivity index (χ1) is 16.2. The van der Waals surface area contributed by atoms with Crippen LogP contribution in [0.2, 0.25) is 0 Å². The second-order valence-electron chi connectivity index (χ2n) is 8.99. The van der Waals surface area contributed by atoms with Gasteiger partial charge in [-0.25, -0.2) is 9.59 Å². The average Bonchev–Trinajstić information content (AvgIpc) is 3.34. The summed E-state index contributed by atoms with van der Waals surface area (Å²) in [6.07, 6.45) is -1.98. The lowest BCUT2D eigenvalue weighted by Gasteiger charge is -2.30. The van der Waals surface area contributed by atoms with Crippen molar-refractivity contribution in [2.45, 2.75) is 38.0 Å². The lowest BCUT2D eigenvalue weighted by Crippen LogP contribution is -2.58. The zero-order valence-corrected chi connectivity index (χ0v) is 19.0. The van der Waals surface area contributed by atoms with Gasteiger partial charge in [0.2, 0.25) is 5.91 Å². The molecule has 0 radical (unpaired) electrons. The highest BCUT2D eigenvalue weighted by atomic mass is 16.5. The van der Waals surface area contributed by atoms with Crippen LogP contribution in [0.3, 0.4) is 0 Å². The molecule has 180 valence electrons. The molecule has 4 N–H and O–H groups in total. The number of carbonyl (C=O) groups excluding carboxylic acids is 2. The largest absolute Gasteiger partial charge is 0.480 e. The van der Waals surface area contributed by atoms with Gasteiger partial charge in [-0.15, -0.1) is 0 Å². The molecule has 0 saturated carbocycles. The number of amides is 2. The van der Waals surface area contributed by atoms with E-state index in [1.807, 2.05) is 48.5 Å². The van der Waals surface area contributed by atoms with Gasteiger partial charge in [0.15, 0.2) is 6.04 Å². The third-order valence-corrected chi connectivity index (χ3v) is 6.65. The van der Waals surface area contributed by atoms with Crippen LogP contribution in [0, 0.1) is 5.41 Å². The number of alkyl carbamates (subject to hydrolysis) is 1. The summed E-state index contributed by atoms with van der Waals surface area (Å²) in [4.78, 5) is 36.9. The fourth-order valence-electron chi connectivity index (χ4n) is 4.58. The number of carboxylic acid groups (broad SMARTS) is 1. The van der Waals surface area contributed by atoms with Gasteiger partial charge in [0.05, 0.1) is 30.8 Å². The lowest BCUT2D eigenvalue weighted by molar-refractivity contribution is -0.147. The maximum absolute atomic E-state index is 12.9. The maximum atomic E-state index is 12.9. The second-order valence-corrected chi connectivity index (χ2v) is 8.99. The van der Waals surface area contributed by atoms with Crippen molar-refractivity contribution >= 4 is 18.0 Å². The van der Waals surface area contributed by atoms with Crippen LogP contribution in [-0.4, -0.2) is 66.2 Å². The third kappa shape index (κ3) is 4.36. The zero-order chi connectivity index (χ0) is 24.5. The van der Waals surface area contributed by atoms with Crippen molar-refractivity contribution in [3.05, 3.63) is 59.7 Å². The van der Waals surface area contributed by atoms with Crippen LogP contribution in [0.15, 0.2) is 48.5 Å². The number of ether oxygens (including phenoxy) is 2. The Kier molecular flexibility index (Phi) is 6.58. The molecule has 4 unspecified atom stereocenters. The molecule has 0 aromatic heterocycles. The number of aliphatic hydroxyl groups excluding tert-OH is 1. The molecule has 1 saturated heterocycles. The summed E-state index contributed by atoms with van der Waals surface area (Å²) >= 11 is 0. The first-order valence-electron chi connectivity index (χ1n) is 11.1. The fourth-order valence-corrected chi connectivity index (χ4v) is 4.58. The molecule has 4 rings (SSSR count). The Labute approximate surface area is 197 Å². The molecule has 0 bridgehead atoms. The standard InChI is InChI=1S/C25H28N2O7/c1-14(28)21(22(29)30)27-23(31)25(2)13-33-12-20(25)26-24(32)34-11-19-17-9-5-3-7-15(17)16-8-4-6-10-18(16)19/h3-10,14,19-21,28H,11-13H2,1-2H3,(H,26,32)(H,27,31)(H,29,30). The van der Waals surface area contributed by atoms with Gasteiger partial charge < -0.3 is 30.3 Å². The summed E-state index contributed by atoms with van der Waals surface area (Å²) in [5, 5.41) is 24.0. The number of nitrogens with one attached hydrogen (secondary N) is 2. The smallest absolute Gasteiger partial charge is 0.407 e. The van der Waals surface area contributed by atoms with E-state index in [4.69, 9.17) is 9.47 Å². The van der Waals surface area contributed by atoms with Crippen molar-refractivity contribution in [3.63, 3.8) is 0 Å². The minimum absolute atomic E-state index is 0.0146. The van der Waals surface area contributed by atoms with E-state index in [0.29, 0.717) is 0 Å². The summed E-state index contributed by atoms with van der Waals surface area (Å²) < 4.78 is 11.0. The van der Waals surface area contributed by atoms with Crippen LogP contribution in [0.1, 0.15) is 30.9 Å². The van der Waals surface area contributed by atoms with E-state index >= 15 is 0 Å². The number of carboxylic acids is 1. The molecule has 2 amide bonds. The fraction of sp³-hybridized carbons (Fsp3) is 0.400. The molecule has 1 aliphatic heterocycles. The van der Waals surface area contributed by atoms with Crippen LogP contribution in [0.5, 0.6) is 0 Å². The Morgan fingerprint density at radius 2 is 1.71 bits per heavy atom. The van der Waals surface area contributed by atoms with E-state index in [1.165, 1.54) is 6.92 Å². The number of aliphatic hydroxyl groups is 1. The molecule has 34 heavy (non-hydrogen) atoms. The molecule has 2 aromatic rings. The molecule has 2 aromatic carbocycles. The second kappa shape index (κ2) is 9.44. The molecule has 1 aliphatic carbocycles. The predicted molar refractivity (Wildman–Crippen MR) is 122 cm³/mol. The van der Waals surface area contributed by atoms with E-state index in [0.717, 1.165) is 22.3 Å². The van der Waals surface area contributed by atoms with Gasteiger partial charge in [-0.3, -0.25) is 4.79 Å². The van der Waals surface area contributed by atoms with E-state index in [-0.39, 0.29) is 25.7 Å². The highest BCUT2D eigenvalue weighted by Gasteiger charge is 2.48. The first-order valence-corrected chi connectivity index (χ1v) is 11.1. The van der Waals surface area contributed by atoms with Crippen molar-refractivity contribution in [3.8, 4) is 11.1 Å². The number of hydrogen-bond acceptors (Lipinski definition) is 6. The Hall–Kier alpha value is -3.43. The summed E-state index contributed by atoms with van der Waals surface area (Å²) in [5.74, 6) is -2.09. The van der Waals surface area contributed by atoms with Crippen molar-refractivity contribution < 1.29 is 34.1 Å². The van der Waals surface area contributed by atoms with Gasteiger partial charge in [-0.05, 0) is 36.1 Å². The Morgan fingerprint density at radius 1 is 1.12 bits per heavy atom. The van der Waals surface area contributed by atoms with Gasteiger partial charge >= 0.3 is 12.1 Å². The van der Waals surface area contributed by atoms with Crippen LogP contribution in [-0.2, 0) is 19.1 Å². The van der Waals surface area contributed by atoms with Crippen molar-refractivity contribution in [1.29, 1.82) is 0 Å². The average molecular weight is 469 g/mol. The van der Waals surface area contributed by atoms with E-state index in [1.54, 1.807) is 6.92 Å². The number of hydrogen-bond donors (Lipinski definition) is 4. The minimum atomic E-state index is -1.47. The highest BCUT2D eigenvalue weighted by Crippen LogP contribution is 2.44. The molecule has 9 heteroatoms. The Bertz CT molecular complexity index is 1060. The molecule has 4 atom stereocenters. The molecule has 1 fully saturated rings. The van der Waals surface area contributed by atoms with Crippen molar-refractivity contribution in [2.24, 2.45) is 5.41 Å². The van der Waals surface area contributed by atoms with E-state index in [2.05, 4.69) is 10.6 Å². The molecule has 0 spiro atoms. The van der Waals surface area contributed by atoms with Gasteiger partial charge in [-0.2, -0.15) is 0 Å². The van der Waals surface area contributed by atoms with Gasteiger partial charge in [0.25, 0.3) is 0 Å². The number of benzene rings is 2. The van der Waals surface area contributed by atoms with Crippen LogP contribution >= 0.6 is 0 Å². The van der Waals surface area contributed by atoms with Gasteiger partial charge in [-0.1, -0.05) is 48.5 Å². The number of rotatable bonds is 7. The van der Waals surface area contributed by atoms with Gasteiger partial charge in [0.1, 0.15) is 6.61 Å². The molecular weight excluding hydrogens is 440 g/mol. The summed E-state index contributed by atoms with van der Waals surface area (Å²) in [7, 11) is 0. The summed E-state index contributed by atoms with van der Waals surface area (Å²) in [6, 6.07) is 13.8. The number of carbonyl (C=O) groups is 3. The number of aliphatic carboxylic acids is 1. The highest BCUT2D eigenvalue weighted by molar-refractivity contribution is 5.89. The van der Waals surface area contributed by atoms with Crippen molar-refractivity contribution in [2.75, 3.05) is 19.8 Å². The maximum Gasteiger partial charge on any atom is 0.407 e. The molecule has 1 heterocycles. The molecule has 2 aliphatic rings. The van der Waals surface area contributed by atoms with Gasteiger partial charge in [0, 0.05) is 5.92 Å². The van der Waals surface area contributed by atoms with Crippen molar-refractivity contribution in [1.82, 2.24) is 10.6 Å². The van der Waals surface area contributed by atoms with Crippen LogP contribution in [0.25, 0.3) is 11.1 Å². The Morgan fingerprint density at radius 3 is 2.26 bits per heavy atom. The minimum Gasteiger partial charge on any atom is -0.480 e. The van der Waals surface area contributed by atoms with Crippen LogP contribution in [0.4, 0.5) is 4.79 Å². The quantitative estimate of drug-likeness (QED) is 0.487. The number of fused-ring (bicyclic) bond motifs is 3. The SMILES string of the molecule is CC(O)C(NC(=O)C1(C)COCC1NC(=O)OCC1c2ccccc2-c2ccccc21)C(=O)O. The predicted octanol–water partition coefficient (Wildman–Crippen LogP) is 1.88. The summed E-state index contributed by atoms with van der Waals surface area (Å²) in [5.41, 5.74) is 3.18. The van der Waals surface area contributed by atoms with E-state index < -0.39 is 41.6 Å². The first kappa shape index (κ1) is 23.7. The van der Waals surface area contributed by atoms with E-state index in [9.17, 15) is 24.6 Å².